The van der Waals surface area contributed by atoms with E-state index in [0.717, 1.165) is 37.0 Å². The lowest BCUT2D eigenvalue weighted by atomic mass is 9.99. The van der Waals surface area contributed by atoms with E-state index in [1.54, 1.807) is 13.2 Å². The van der Waals surface area contributed by atoms with Crippen LogP contribution in [0.4, 0.5) is 4.79 Å². The zero-order valence-electron chi connectivity index (χ0n) is 17.0. The van der Waals surface area contributed by atoms with Crippen LogP contribution in [0.2, 0.25) is 0 Å². The molecule has 0 saturated carbocycles. The van der Waals surface area contributed by atoms with Crippen molar-refractivity contribution in [2.75, 3.05) is 20.3 Å². The van der Waals surface area contributed by atoms with Crippen molar-refractivity contribution in [1.29, 1.82) is 0 Å². The smallest absolute Gasteiger partial charge is 0.496 e. The molecule has 0 spiro atoms. The lowest BCUT2D eigenvalue weighted by Gasteiger charge is -2.34. The van der Waals surface area contributed by atoms with E-state index in [4.69, 9.17) is 9.84 Å². The summed E-state index contributed by atoms with van der Waals surface area (Å²) in [5, 5.41) is 18.9. The van der Waals surface area contributed by atoms with E-state index < -0.39 is 12.3 Å². The van der Waals surface area contributed by atoms with Crippen molar-refractivity contribution in [2.24, 2.45) is 0 Å². The summed E-state index contributed by atoms with van der Waals surface area (Å²) >= 11 is 0. The highest BCUT2D eigenvalue weighted by atomic mass is 16.7. The fourth-order valence-corrected chi connectivity index (χ4v) is 3.58. The van der Waals surface area contributed by atoms with Gasteiger partial charge in [-0.2, -0.15) is 0 Å². The molecule has 1 aromatic carbocycles. The van der Waals surface area contributed by atoms with Crippen molar-refractivity contribution in [3.05, 3.63) is 42.0 Å². The van der Waals surface area contributed by atoms with Gasteiger partial charge in [0.1, 0.15) is 5.75 Å². The molecule has 2 rings (SSSR count). The van der Waals surface area contributed by atoms with Crippen molar-refractivity contribution in [2.45, 2.75) is 57.1 Å². The minimum atomic E-state index is -1.26. The van der Waals surface area contributed by atoms with E-state index >= 15 is 0 Å². The van der Waals surface area contributed by atoms with Crippen molar-refractivity contribution >= 4 is 12.1 Å². The molecule has 2 atom stereocenters. The Balaban J connectivity index is 1.85. The van der Waals surface area contributed by atoms with Crippen molar-refractivity contribution < 1.29 is 29.3 Å². The number of methoxy groups -OCH3 is 1. The van der Waals surface area contributed by atoms with Gasteiger partial charge >= 0.3 is 6.16 Å². The SMILES string of the molecule is COc1ccccc1CC(O)C=C[C@H]1CCCC(=O)N1CCCCCOC(=O)O. The van der Waals surface area contributed by atoms with Crippen molar-refractivity contribution in [1.82, 2.24) is 4.90 Å². The van der Waals surface area contributed by atoms with E-state index in [0.29, 0.717) is 25.8 Å². The molecule has 1 unspecified atom stereocenters. The number of piperidine rings is 1. The summed E-state index contributed by atoms with van der Waals surface area (Å²) in [4.78, 5) is 24.5. The second kappa shape index (κ2) is 12.1. The summed E-state index contributed by atoms with van der Waals surface area (Å²) < 4.78 is 9.82. The van der Waals surface area contributed by atoms with Gasteiger partial charge in [-0.3, -0.25) is 4.79 Å². The van der Waals surface area contributed by atoms with Crippen molar-refractivity contribution in [3.63, 3.8) is 0 Å². The fraction of sp³-hybridized carbons (Fsp3) is 0.545. The number of likely N-dealkylation sites (tertiary alicyclic amines) is 1. The number of hydrogen-bond donors (Lipinski definition) is 2. The number of rotatable bonds is 11. The topological polar surface area (TPSA) is 96.3 Å². The molecule has 0 aliphatic carbocycles. The third-order valence-electron chi connectivity index (χ3n) is 5.06. The number of benzene rings is 1. The molecule has 1 heterocycles. The van der Waals surface area contributed by atoms with E-state index in [2.05, 4.69) is 4.74 Å². The number of carbonyl (C=O) groups excluding carboxylic acids is 1. The molecule has 0 aromatic heterocycles. The number of para-hydroxylation sites is 1. The zero-order chi connectivity index (χ0) is 21.1. The van der Waals surface area contributed by atoms with Crippen LogP contribution < -0.4 is 4.74 Å². The number of carbonyl (C=O) groups is 2. The second-order valence-electron chi connectivity index (χ2n) is 7.19. The van der Waals surface area contributed by atoms with Gasteiger partial charge < -0.3 is 24.6 Å². The Morgan fingerprint density at radius 3 is 2.86 bits per heavy atom. The Morgan fingerprint density at radius 1 is 1.31 bits per heavy atom. The largest absolute Gasteiger partial charge is 0.505 e. The highest BCUT2D eigenvalue weighted by Gasteiger charge is 2.25. The molecule has 160 valence electrons. The highest BCUT2D eigenvalue weighted by molar-refractivity contribution is 5.77. The third-order valence-corrected chi connectivity index (χ3v) is 5.06. The number of amides is 1. The molecular formula is C22H31NO6. The molecule has 1 aliphatic rings. The van der Waals surface area contributed by atoms with Gasteiger partial charge in [-0.05, 0) is 43.7 Å². The van der Waals surface area contributed by atoms with E-state index in [1.807, 2.05) is 35.2 Å². The van der Waals surface area contributed by atoms with Gasteiger partial charge in [0, 0.05) is 19.4 Å². The van der Waals surface area contributed by atoms with Gasteiger partial charge in [0.15, 0.2) is 0 Å². The summed E-state index contributed by atoms with van der Waals surface area (Å²) in [5.41, 5.74) is 0.937. The molecule has 7 nitrogen and oxygen atoms in total. The molecule has 29 heavy (non-hydrogen) atoms. The quantitative estimate of drug-likeness (QED) is 0.333. The number of hydrogen-bond acceptors (Lipinski definition) is 5. The van der Waals surface area contributed by atoms with Crippen LogP contribution >= 0.6 is 0 Å². The molecule has 0 bridgehead atoms. The monoisotopic (exact) mass is 405 g/mol. The summed E-state index contributed by atoms with van der Waals surface area (Å²) in [6.07, 6.45) is 6.76. The van der Waals surface area contributed by atoms with Crippen LogP contribution in [-0.4, -0.2) is 59.6 Å². The third kappa shape index (κ3) is 7.77. The van der Waals surface area contributed by atoms with Gasteiger partial charge in [0.25, 0.3) is 0 Å². The lowest BCUT2D eigenvalue weighted by molar-refractivity contribution is -0.135. The number of unbranched alkanes of at least 4 members (excludes halogenated alkanes) is 2. The molecule has 1 amide bonds. The first kappa shape index (κ1) is 22.7. The Bertz CT molecular complexity index is 690. The summed E-state index contributed by atoms with van der Waals surface area (Å²) in [6.45, 7) is 0.811. The lowest BCUT2D eigenvalue weighted by Crippen LogP contribution is -2.43. The number of aliphatic hydroxyl groups excluding tert-OH is 1. The van der Waals surface area contributed by atoms with Crippen LogP contribution in [-0.2, 0) is 16.0 Å². The molecule has 1 aromatic rings. The second-order valence-corrected chi connectivity index (χ2v) is 7.19. The van der Waals surface area contributed by atoms with E-state index in [1.165, 1.54) is 0 Å². The molecule has 2 N–H and O–H groups in total. The van der Waals surface area contributed by atoms with E-state index in [9.17, 15) is 14.7 Å². The normalized spacial score (nSPS) is 18.1. The predicted molar refractivity (Wildman–Crippen MR) is 109 cm³/mol. The average Bonchev–Trinajstić information content (AvgIpc) is 2.70. The van der Waals surface area contributed by atoms with Crippen LogP contribution in [0.3, 0.4) is 0 Å². The maximum Gasteiger partial charge on any atom is 0.505 e. The van der Waals surface area contributed by atoms with Gasteiger partial charge in [-0.25, -0.2) is 4.79 Å². The Hall–Kier alpha value is -2.54. The highest BCUT2D eigenvalue weighted by Crippen LogP contribution is 2.22. The van der Waals surface area contributed by atoms with E-state index in [-0.39, 0.29) is 18.6 Å². The molecule has 1 fully saturated rings. The predicted octanol–water partition coefficient (Wildman–Crippen LogP) is 3.40. The number of ether oxygens (including phenoxy) is 2. The maximum absolute atomic E-state index is 12.3. The minimum absolute atomic E-state index is 0.0150. The Kier molecular flexibility index (Phi) is 9.50. The first-order valence-electron chi connectivity index (χ1n) is 10.1. The summed E-state index contributed by atoms with van der Waals surface area (Å²) in [7, 11) is 1.61. The Labute approximate surface area is 171 Å². The first-order valence-corrected chi connectivity index (χ1v) is 10.1. The van der Waals surface area contributed by atoms with Gasteiger partial charge in [0.2, 0.25) is 5.91 Å². The Morgan fingerprint density at radius 2 is 2.10 bits per heavy atom. The molecular weight excluding hydrogens is 374 g/mol. The number of nitrogens with zero attached hydrogens (tertiary/aromatic N) is 1. The number of carboxylic acid groups (broad SMARTS) is 1. The molecule has 1 saturated heterocycles. The van der Waals surface area contributed by atoms with Crippen molar-refractivity contribution in [3.8, 4) is 5.75 Å². The molecule has 1 aliphatic heterocycles. The zero-order valence-corrected chi connectivity index (χ0v) is 17.0. The molecule has 0 radical (unpaired) electrons. The summed E-state index contributed by atoms with van der Waals surface area (Å²) in [6, 6.07) is 7.59. The van der Waals surface area contributed by atoms with Crippen LogP contribution in [0.15, 0.2) is 36.4 Å². The number of aliphatic hydroxyl groups is 1. The van der Waals surface area contributed by atoms with Gasteiger partial charge in [-0.1, -0.05) is 30.4 Å². The van der Waals surface area contributed by atoms with Crippen LogP contribution in [0.1, 0.15) is 44.1 Å². The van der Waals surface area contributed by atoms with Gasteiger partial charge in [0.05, 0.1) is 25.9 Å². The minimum Gasteiger partial charge on any atom is -0.496 e. The van der Waals surface area contributed by atoms with Crippen LogP contribution in [0.25, 0.3) is 0 Å². The van der Waals surface area contributed by atoms with Gasteiger partial charge in [-0.15, -0.1) is 0 Å². The first-order chi connectivity index (χ1) is 14.0. The maximum atomic E-state index is 12.3. The standard InChI is InChI=1S/C22H31NO6/c1-28-20-10-4-3-8-17(20)16-19(24)13-12-18-9-7-11-21(25)23(18)14-5-2-6-15-29-22(26)27/h3-4,8,10,12-13,18-19,24H,2,5-7,9,11,14-16H2,1H3,(H,26,27)/t18-,19?/m1/s1. The molecule has 7 heteroatoms. The van der Waals surface area contributed by atoms with Crippen LogP contribution in [0, 0.1) is 0 Å². The van der Waals surface area contributed by atoms with Crippen LogP contribution in [0.5, 0.6) is 5.75 Å². The summed E-state index contributed by atoms with van der Waals surface area (Å²) in [5.74, 6) is 0.883. The average molecular weight is 405 g/mol. The fourth-order valence-electron chi connectivity index (χ4n) is 3.58.